The lowest BCUT2D eigenvalue weighted by Crippen LogP contribution is -2.27. The first-order chi connectivity index (χ1) is 13.5. The molecule has 0 radical (unpaired) electrons. The number of imidazole rings is 1. The summed E-state index contributed by atoms with van der Waals surface area (Å²) in [5.74, 6) is 1.10. The van der Waals surface area contributed by atoms with Gasteiger partial charge in [0.1, 0.15) is 11.4 Å². The summed E-state index contributed by atoms with van der Waals surface area (Å²) in [4.78, 5) is 17.2. The van der Waals surface area contributed by atoms with Crippen LogP contribution >= 0.6 is 11.6 Å². The minimum atomic E-state index is -0.205. The smallest absolute Gasteiger partial charge is 0.221 e. The number of rotatable bonds is 8. The van der Waals surface area contributed by atoms with E-state index in [-0.39, 0.29) is 11.8 Å². The van der Waals surface area contributed by atoms with Gasteiger partial charge in [-0.15, -0.1) is 0 Å². The lowest BCUT2D eigenvalue weighted by atomic mass is 9.91. The van der Waals surface area contributed by atoms with Crippen molar-refractivity contribution < 1.29 is 9.53 Å². The minimum absolute atomic E-state index is 0.00790. The number of amides is 1. The number of benzene rings is 1. The Bertz CT molecular complexity index is 952. The maximum Gasteiger partial charge on any atom is 0.221 e. The zero-order chi connectivity index (χ0) is 20.1. The highest BCUT2D eigenvalue weighted by atomic mass is 35.5. The van der Waals surface area contributed by atoms with Gasteiger partial charge in [0.25, 0.3) is 0 Å². The monoisotopic (exact) mass is 399 g/mol. The molecule has 1 atom stereocenters. The number of hydrogen-bond acceptors (Lipinski definition) is 3. The van der Waals surface area contributed by atoms with Gasteiger partial charge in [0.15, 0.2) is 0 Å². The third kappa shape index (κ3) is 4.65. The van der Waals surface area contributed by atoms with Crippen molar-refractivity contribution >= 4 is 23.2 Å². The van der Waals surface area contributed by atoms with Gasteiger partial charge in [-0.1, -0.05) is 43.6 Å². The molecule has 1 amide bonds. The number of halogens is 1. The molecule has 1 aromatic carbocycles. The zero-order valence-corrected chi connectivity index (χ0v) is 17.2. The number of ether oxygens (including phenoxy) is 1. The third-order valence-corrected chi connectivity index (χ3v) is 5.03. The van der Waals surface area contributed by atoms with Crippen molar-refractivity contribution in [1.29, 1.82) is 0 Å². The molecule has 0 aliphatic carbocycles. The van der Waals surface area contributed by atoms with E-state index in [1.54, 1.807) is 7.11 Å². The summed E-state index contributed by atoms with van der Waals surface area (Å²) < 4.78 is 7.51. The molecule has 2 heterocycles. The van der Waals surface area contributed by atoms with E-state index in [0.717, 1.165) is 29.1 Å². The van der Waals surface area contributed by atoms with Gasteiger partial charge < -0.3 is 14.5 Å². The Morgan fingerprint density at radius 3 is 2.79 bits per heavy atom. The van der Waals surface area contributed by atoms with Crippen molar-refractivity contribution in [3.63, 3.8) is 0 Å². The van der Waals surface area contributed by atoms with E-state index < -0.39 is 0 Å². The van der Waals surface area contributed by atoms with Gasteiger partial charge in [-0.3, -0.25) is 4.79 Å². The van der Waals surface area contributed by atoms with Gasteiger partial charge in [0.2, 0.25) is 5.91 Å². The molecule has 0 saturated carbocycles. The van der Waals surface area contributed by atoms with E-state index in [1.165, 1.54) is 0 Å². The van der Waals surface area contributed by atoms with Crippen molar-refractivity contribution in [1.82, 2.24) is 14.7 Å². The highest BCUT2D eigenvalue weighted by molar-refractivity contribution is 6.30. The molecule has 2 aromatic heterocycles. The number of carbonyl (C=O) groups excluding carboxylic acids is 1. The van der Waals surface area contributed by atoms with Crippen molar-refractivity contribution in [2.75, 3.05) is 13.7 Å². The Morgan fingerprint density at radius 1 is 1.25 bits per heavy atom. The van der Waals surface area contributed by atoms with Crippen molar-refractivity contribution in [3.8, 4) is 5.75 Å². The second-order valence-corrected chi connectivity index (χ2v) is 7.73. The summed E-state index contributed by atoms with van der Waals surface area (Å²) in [6, 6.07) is 11.5. The fraction of sp³-hybridized carbons (Fsp3) is 0.364. The summed E-state index contributed by atoms with van der Waals surface area (Å²) in [7, 11) is 1.64. The summed E-state index contributed by atoms with van der Waals surface area (Å²) in [5.41, 5.74) is 2.64. The first kappa shape index (κ1) is 20.2. The minimum Gasteiger partial charge on any atom is -0.496 e. The van der Waals surface area contributed by atoms with Crippen LogP contribution in [0, 0.1) is 5.92 Å². The van der Waals surface area contributed by atoms with Crippen LogP contribution in [0.15, 0.2) is 48.8 Å². The highest BCUT2D eigenvalue weighted by Gasteiger charge is 2.24. The quantitative estimate of drug-likeness (QED) is 0.598. The summed E-state index contributed by atoms with van der Waals surface area (Å²) in [5, 5.41) is 3.66. The summed E-state index contributed by atoms with van der Waals surface area (Å²) >= 11 is 6.21. The second-order valence-electron chi connectivity index (χ2n) is 7.29. The number of carbonyl (C=O) groups is 1. The van der Waals surface area contributed by atoms with E-state index >= 15 is 0 Å². The molecule has 1 N–H and O–H groups in total. The number of fused-ring (bicyclic) bond motifs is 1. The van der Waals surface area contributed by atoms with Crippen molar-refractivity contribution in [3.05, 3.63) is 65.1 Å². The standard InChI is InChI=1S/C22H26ClN3O2/c1-15(2)10-11-24-22(27)12-18(17-6-4-5-7-20(17)28-3)19-13-25-21-9-8-16(23)14-26(19)21/h4-9,13-15,18H,10-12H2,1-3H3,(H,24,27). The molecule has 0 aliphatic rings. The molecule has 148 valence electrons. The molecule has 28 heavy (non-hydrogen) atoms. The SMILES string of the molecule is COc1ccccc1C(CC(=O)NCCC(C)C)c1cnc2ccc(Cl)cn12. The topological polar surface area (TPSA) is 55.6 Å². The molecule has 0 fully saturated rings. The molecule has 5 nitrogen and oxygen atoms in total. The van der Waals surface area contributed by atoms with Crippen LogP contribution in [0.5, 0.6) is 5.75 Å². The molecule has 0 saturated heterocycles. The fourth-order valence-electron chi connectivity index (χ4n) is 3.32. The summed E-state index contributed by atoms with van der Waals surface area (Å²) in [6.07, 6.45) is 4.90. The molecule has 0 aliphatic heterocycles. The molecule has 0 bridgehead atoms. The van der Waals surface area contributed by atoms with Crippen LogP contribution in [-0.4, -0.2) is 28.9 Å². The molecule has 0 spiro atoms. The molecular weight excluding hydrogens is 374 g/mol. The lowest BCUT2D eigenvalue weighted by molar-refractivity contribution is -0.121. The number of methoxy groups -OCH3 is 1. The number of aromatic nitrogens is 2. The van der Waals surface area contributed by atoms with E-state index in [4.69, 9.17) is 16.3 Å². The third-order valence-electron chi connectivity index (χ3n) is 4.80. The first-order valence-corrected chi connectivity index (χ1v) is 9.89. The van der Waals surface area contributed by atoms with Gasteiger partial charge in [-0.2, -0.15) is 0 Å². The van der Waals surface area contributed by atoms with Gasteiger partial charge >= 0.3 is 0 Å². The summed E-state index contributed by atoms with van der Waals surface area (Å²) in [6.45, 7) is 4.96. The first-order valence-electron chi connectivity index (χ1n) is 9.51. The van der Waals surface area contributed by atoms with Crippen LogP contribution in [0.2, 0.25) is 5.02 Å². The van der Waals surface area contributed by atoms with E-state index in [9.17, 15) is 4.79 Å². The lowest BCUT2D eigenvalue weighted by Gasteiger charge is -2.20. The van der Waals surface area contributed by atoms with Gasteiger partial charge in [0, 0.05) is 36.8 Å². The molecule has 3 aromatic rings. The van der Waals surface area contributed by atoms with E-state index in [1.807, 2.05) is 53.2 Å². The van der Waals surface area contributed by atoms with E-state index in [2.05, 4.69) is 24.1 Å². The number of nitrogens with one attached hydrogen (secondary N) is 1. The van der Waals surface area contributed by atoms with E-state index in [0.29, 0.717) is 23.9 Å². The highest BCUT2D eigenvalue weighted by Crippen LogP contribution is 2.35. The number of pyridine rings is 1. The molecule has 3 rings (SSSR count). The van der Waals surface area contributed by atoms with Crippen molar-refractivity contribution in [2.45, 2.75) is 32.6 Å². The predicted molar refractivity (Wildman–Crippen MR) is 112 cm³/mol. The Balaban J connectivity index is 1.97. The van der Waals surface area contributed by atoms with Gasteiger partial charge in [-0.05, 0) is 30.5 Å². The van der Waals surface area contributed by atoms with Crippen LogP contribution in [0.3, 0.4) is 0 Å². The molecule has 1 unspecified atom stereocenters. The Hall–Kier alpha value is -2.53. The average Bonchev–Trinajstić information content (AvgIpc) is 3.08. The van der Waals surface area contributed by atoms with Crippen LogP contribution in [0.4, 0.5) is 0 Å². The molecule has 6 heteroatoms. The van der Waals surface area contributed by atoms with Crippen LogP contribution in [0.1, 0.15) is 43.9 Å². The normalized spacial score (nSPS) is 12.3. The largest absolute Gasteiger partial charge is 0.496 e. The predicted octanol–water partition coefficient (Wildman–Crippen LogP) is 4.68. The number of para-hydroxylation sites is 1. The average molecular weight is 400 g/mol. The molecular formula is C22H26ClN3O2. The zero-order valence-electron chi connectivity index (χ0n) is 16.5. The Labute approximate surface area is 170 Å². The van der Waals surface area contributed by atoms with Crippen LogP contribution in [-0.2, 0) is 4.79 Å². The van der Waals surface area contributed by atoms with Crippen LogP contribution in [0.25, 0.3) is 5.65 Å². The number of nitrogens with zero attached hydrogens (tertiary/aromatic N) is 2. The van der Waals surface area contributed by atoms with Crippen molar-refractivity contribution in [2.24, 2.45) is 5.92 Å². The Morgan fingerprint density at radius 2 is 2.04 bits per heavy atom. The number of hydrogen-bond donors (Lipinski definition) is 1. The van der Waals surface area contributed by atoms with Crippen LogP contribution < -0.4 is 10.1 Å². The Kier molecular flexibility index (Phi) is 6.57. The van der Waals surface area contributed by atoms with Gasteiger partial charge in [0.05, 0.1) is 17.8 Å². The maximum absolute atomic E-state index is 12.7. The van der Waals surface area contributed by atoms with Gasteiger partial charge in [-0.25, -0.2) is 4.98 Å². The second kappa shape index (κ2) is 9.11. The maximum atomic E-state index is 12.7. The fourth-order valence-corrected chi connectivity index (χ4v) is 3.48.